The van der Waals surface area contributed by atoms with Crippen LogP contribution < -0.4 is 5.32 Å². The van der Waals surface area contributed by atoms with Gasteiger partial charge < -0.3 is 0 Å². The third kappa shape index (κ3) is 4.90. The first kappa shape index (κ1) is 17.6. The smallest absolute Gasteiger partial charge is 0.248 e. The van der Waals surface area contributed by atoms with E-state index in [1.54, 1.807) is 15.7 Å². The molecule has 0 fully saturated rings. The third-order valence-corrected chi connectivity index (χ3v) is 4.53. The highest BCUT2D eigenvalue weighted by Crippen LogP contribution is 2.13. The molecule has 3 rings (SSSR count). The van der Waals surface area contributed by atoms with Gasteiger partial charge >= 0.3 is 0 Å². The average molecular weight is 424 g/mol. The number of hydrogen-bond donors (Lipinski definition) is 1. The second kappa shape index (κ2) is 7.79. The number of anilines is 1. The molecule has 9 heteroatoms. The van der Waals surface area contributed by atoms with Crippen LogP contribution in [-0.2, 0) is 17.9 Å². The summed E-state index contributed by atoms with van der Waals surface area (Å²) in [6.45, 7) is 2.95. The van der Waals surface area contributed by atoms with Gasteiger partial charge in [0.05, 0.1) is 16.7 Å². The van der Waals surface area contributed by atoms with E-state index in [2.05, 4.69) is 36.4 Å². The number of carbonyl (C=O) groups is 1. The lowest BCUT2D eigenvalue weighted by molar-refractivity contribution is -0.116. The largest absolute Gasteiger partial charge is 0.293 e. The van der Waals surface area contributed by atoms with E-state index in [4.69, 9.17) is 11.6 Å². The summed E-state index contributed by atoms with van der Waals surface area (Å²) in [6, 6.07) is 7.50. The zero-order chi connectivity index (χ0) is 17.8. The van der Waals surface area contributed by atoms with Crippen LogP contribution in [0, 0.1) is 6.92 Å². The fraction of sp³-hybridized carbons (Fsp3) is 0.250. The number of amides is 1. The van der Waals surface area contributed by atoms with E-state index in [0.717, 1.165) is 15.7 Å². The topological polar surface area (TPSA) is 77.6 Å². The molecule has 1 N–H and O–H groups in total. The molecule has 2 heterocycles. The zero-order valence-corrected chi connectivity index (χ0v) is 15.8. The average Bonchev–Trinajstić information content (AvgIpc) is 3.14. The molecule has 3 aromatic rings. The number of nitrogens with one attached hydrogen (secondary N) is 1. The minimum Gasteiger partial charge on any atom is -0.293 e. The van der Waals surface area contributed by atoms with E-state index in [9.17, 15) is 4.79 Å². The predicted octanol–water partition coefficient (Wildman–Crippen LogP) is 3.28. The van der Waals surface area contributed by atoms with Gasteiger partial charge in [0.1, 0.15) is 6.33 Å². The van der Waals surface area contributed by atoms with Crippen molar-refractivity contribution in [1.82, 2.24) is 24.5 Å². The molecule has 0 bridgehead atoms. The number of benzene rings is 1. The van der Waals surface area contributed by atoms with Crippen molar-refractivity contribution in [1.29, 1.82) is 0 Å². The lowest BCUT2D eigenvalue weighted by atomic mass is 10.2. The molecule has 7 nitrogen and oxygen atoms in total. The van der Waals surface area contributed by atoms with Gasteiger partial charge in [-0.25, -0.2) is 9.67 Å². The summed E-state index contributed by atoms with van der Waals surface area (Å²) in [4.78, 5) is 16.1. The number of aromatic nitrogens is 5. The van der Waals surface area contributed by atoms with Crippen molar-refractivity contribution >= 4 is 39.4 Å². The van der Waals surface area contributed by atoms with Crippen LogP contribution in [0.5, 0.6) is 0 Å². The maximum Gasteiger partial charge on any atom is 0.248 e. The summed E-state index contributed by atoms with van der Waals surface area (Å²) in [5.41, 5.74) is 1.94. The molecule has 0 unspecified atom stereocenters. The van der Waals surface area contributed by atoms with Gasteiger partial charge in [0.2, 0.25) is 11.9 Å². The quantitative estimate of drug-likeness (QED) is 0.660. The molecule has 1 amide bonds. The summed E-state index contributed by atoms with van der Waals surface area (Å²) in [6.07, 6.45) is 3.72. The van der Waals surface area contributed by atoms with E-state index in [-0.39, 0.29) is 11.9 Å². The summed E-state index contributed by atoms with van der Waals surface area (Å²) in [5, 5.41) is 11.9. The van der Waals surface area contributed by atoms with E-state index in [1.807, 2.05) is 37.4 Å². The summed E-state index contributed by atoms with van der Waals surface area (Å²) >= 11 is 9.27. The molecule has 1 aromatic carbocycles. The molecular weight excluding hydrogens is 408 g/mol. The molecule has 0 aliphatic carbocycles. The summed E-state index contributed by atoms with van der Waals surface area (Å²) in [7, 11) is 0. The van der Waals surface area contributed by atoms with Crippen LogP contribution in [0.2, 0.25) is 5.02 Å². The minimum atomic E-state index is -0.159. The van der Waals surface area contributed by atoms with Crippen LogP contribution >= 0.6 is 27.5 Å². The second-order valence-electron chi connectivity index (χ2n) is 5.52. The molecule has 0 aliphatic heterocycles. The van der Waals surface area contributed by atoms with Crippen LogP contribution in [0.25, 0.3) is 0 Å². The van der Waals surface area contributed by atoms with Crippen LogP contribution in [0.15, 0.2) is 41.3 Å². The SMILES string of the molecule is Cc1nn(CCC(=O)Nc2ncn(Cc3ccc(Cl)cc3)n2)cc1Br. The van der Waals surface area contributed by atoms with Crippen LogP contribution in [0.3, 0.4) is 0 Å². The molecule has 2 aromatic heterocycles. The van der Waals surface area contributed by atoms with Crippen LogP contribution in [-0.4, -0.2) is 30.5 Å². The van der Waals surface area contributed by atoms with Gasteiger partial charge in [-0.15, -0.1) is 5.10 Å². The Morgan fingerprint density at radius 2 is 2.00 bits per heavy atom. The fourth-order valence-corrected chi connectivity index (χ4v) is 2.66. The highest BCUT2D eigenvalue weighted by Gasteiger charge is 2.08. The summed E-state index contributed by atoms with van der Waals surface area (Å²) < 4.78 is 4.31. The lowest BCUT2D eigenvalue weighted by Gasteiger charge is -2.02. The van der Waals surface area contributed by atoms with Crippen LogP contribution in [0.1, 0.15) is 17.7 Å². The van der Waals surface area contributed by atoms with E-state index >= 15 is 0 Å². The number of halogens is 2. The van der Waals surface area contributed by atoms with Crippen molar-refractivity contribution in [3.63, 3.8) is 0 Å². The molecule has 0 spiro atoms. The monoisotopic (exact) mass is 422 g/mol. The lowest BCUT2D eigenvalue weighted by Crippen LogP contribution is -2.16. The van der Waals surface area contributed by atoms with E-state index < -0.39 is 0 Å². The standard InChI is InChI=1S/C16H16BrClN6O/c1-11-14(17)9-23(21-11)7-6-15(25)20-16-19-10-24(22-16)8-12-2-4-13(18)5-3-12/h2-5,9-10H,6-8H2,1H3,(H,20,22,25). The van der Waals surface area contributed by atoms with Crippen molar-refractivity contribution in [2.45, 2.75) is 26.4 Å². The first-order valence-corrected chi connectivity index (χ1v) is 8.80. The third-order valence-electron chi connectivity index (χ3n) is 3.50. The van der Waals surface area contributed by atoms with Gasteiger partial charge in [-0.2, -0.15) is 5.10 Å². The highest BCUT2D eigenvalue weighted by atomic mass is 79.9. The molecule has 25 heavy (non-hydrogen) atoms. The Labute approximate surface area is 158 Å². The van der Waals surface area contributed by atoms with E-state index in [0.29, 0.717) is 24.5 Å². The van der Waals surface area contributed by atoms with Crippen LogP contribution in [0.4, 0.5) is 5.95 Å². The van der Waals surface area contributed by atoms with Gasteiger partial charge in [0.15, 0.2) is 0 Å². The van der Waals surface area contributed by atoms with Gasteiger partial charge in [0, 0.05) is 24.2 Å². The normalized spacial score (nSPS) is 10.8. The Hall–Kier alpha value is -2.19. The Morgan fingerprint density at radius 1 is 1.24 bits per heavy atom. The maximum absolute atomic E-state index is 12.0. The number of rotatable bonds is 6. The van der Waals surface area contributed by atoms with Crippen molar-refractivity contribution in [3.8, 4) is 0 Å². The molecule has 0 radical (unpaired) electrons. The predicted molar refractivity (Wildman–Crippen MR) is 98.5 cm³/mol. The second-order valence-corrected chi connectivity index (χ2v) is 6.81. The van der Waals surface area contributed by atoms with E-state index in [1.165, 1.54) is 0 Å². The minimum absolute atomic E-state index is 0.159. The van der Waals surface area contributed by atoms with Crippen molar-refractivity contribution < 1.29 is 4.79 Å². The van der Waals surface area contributed by atoms with Gasteiger partial charge in [-0.3, -0.25) is 14.8 Å². The molecule has 130 valence electrons. The first-order valence-electron chi connectivity index (χ1n) is 7.63. The maximum atomic E-state index is 12.0. The Balaban J connectivity index is 1.51. The van der Waals surface area contributed by atoms with Gasteiger partial charge in [0.25, 0.3) is 0 Å². The number of nitrogens with zero attached hydrogens (tertiary/aromatic N) is 5. The van der Waals surface area contributed by atoms with Gasteiger partial charge in [-0.1, -0.05) is 23.7 Å². The first-order chi connectivity index (χ1) is 12.0. The molecule has 0 aliphatic rings. The summed E-state index contributed by atoms with van der Waals surface area (Å²) in [5.74, 6) is 0.130. The molecular formula is C16H16BrClN6O. The van der Waals surface area contributed by atoms with Gasteiger partial charge in [-0.05, 0) is 40.5 Å². The number of carbonyl (C=O) groups excluding carboxylic acids is 1. The fourth-order valence-electron chi connectivity index (χ4n) is 2.22. The Bertz CT molecular complexity index is 854. The van der Waals surface area contributed by atoms with Crippen molar-refractivity contribution in [2.75, 3.05) is 5.32 Å². The van der Waals surface area contributed by atoms with Crippen molar-refractivity contribution in [3.05, 3.63) is 57.5 Å². The Kier molecular flexibility index (Phi) is 5.50. The molecule has 0 saturated carbocycles. The van der Waals surface area contributed by atoms with Crippen molar-refractivity contribution in [2.24, 2.45) is 0 Å². The molecule has 0 saturated heterocycles. The highest BCUT2D eigenvalue weighted by molar-refractivity contribution is 9.10. The number of hydrogen-bond acceptors (Lipinski definition) is 4. The zero-order valence-electron chi connectivity index (χ0n) is 13.5. The molecule has 0 atom stereocenters. The number of aryl methyl sites for hydroxylation is 2. The Morgan fingerprint density at radius 3 is 2.68 bits per heavy atom.